The standard InChI is InChI=1S/C12H15NO4/c1-8(2)17-12(14)6-13-9-3-4-10-11(5-9)16-7-15-10/h3-5,8,13H,6-7H2,1-2H3. The minimum Gasteiger partial charge on any atom is -0.462 e. The van der Waals surface area contributed by atoms with Gasteiger partial charge in [0.15, 0.2) is 11.5 Å². The molecule has 0 atom stereocenters. The van der Waals surface area contributed by atoms with E-state index in [0.29, 0.717) is 5.75 Å². The molecule has 0 radical (unpaired) electrons. The molecule has 5 heteroatoms. The average molecular weight is 237 g/mol. The van der Waals surface area contributed by atoms with Gasteiger partial charge in [0.05, 0.1) is 6.10 Å². The molecular weight excluding hydrogens is 222 g/mol. The van der Waals surface area contributed by atoms with E-state index in [1.165, 1.54) is 0 Å². The van der Waals surface area contributed by atoms with E-state index in [0.717, 1.165) is 11.4 Å². The Kier molecular flexibility index (Phi) is 3.37. The molecule has 92 valence electrons. The quantitative estimate of drug-likeness (QED) is 0.809. The molecule has 1 aromatic carbocycles. The van der Waals surface area contributed by atoms with Crippen LogP contribution >= 0.6 is 0 Å². The molecule has 17 heavy (non-hydrogen) atoms. The van der Waals surface area contributed by atoms with Crippen LogP contribution in [-0.4, -0.2) is 25.4 Å². The van der Waals surface area contributed by atoms with Crippen LogP contribution in [0.25, 0.3) is 0 Å². The number of ether oxygens (including phenoxy) is 3. The lowest BCUT2D eigenvalue weighted by Crippen LogP contribution is -2.20. The summed E-state index contributed by atoms with van der Waals surface area (Å²) in [6.45, 7) is 4.02. The maximum Gasteiger partial charge on any atom is 0.325 e. The lowest BCUT2D eigenvalue weighted by atomic mass is 10.3. The Bertz CT molecular complexity index is 417. The zero-order valence-electron chi connectivity index (χ0n) is 9.86. The Labute approximate surface area is 99.7 Å². The molecule has 0 aliphatic carbocycles. The van der Waals surface area contributed by atoms with Crippen LogP contribution in [0.2, 0.25) is 0 Å². The van der Waals surface area contributed by atoms with Crippen molar-refractivity contribution in [1.82, 2.24) is 0 Å². The van der Waals surface area contributed by atoms with Gasteiger partial charge in [-0.1, -0.05) is 0 Å². The normalized spacial score (nSPS) is 12.6. The Hall–Kier alpha value is -1.91. The molecule has 1 heterocycles. The minimum atomic E-state index is -0.280. The van der Waals surface area contributed by atoms with Gasteiger partial charge < -0.3 is 19.5 Å². The Balaban J connectivity index is 1.89. The first-order chi connectivity index (χ1) is 8.15. The third-order valence-electron chi connectivity index (χ3n) is 2.18. The van der Waals surface area contributed by atoms with Crippen molar-refractivity contribution in [2.45, 2.75) is 20.0 Å². The fourth-order valence-electron chi connectivity index (χ4n) is 1.49. The van der Waals surface area contributed by atoms with E-state index >= 15 is 0 Å². The van der Waals surface area contributed by atoms with Crippen LogP contribution in [0.4, 0.5) is 5.69 Å². The summed E-state index contributed by atoms with van der Waals surface area (Å²) in [5, 5.41) is 2.97. The molecule has 1 aromatic rings. The Morgan fingerprint density at radius 2 is 2.18 bits per heavy atom. The molecular formula is C12H15NO4. The Morgan fingerprint density at radius 3 is 2.94 bits per heavy atom. The first kappa shape index (κ1) is 11.6. The molecule has 0 bridgehead atoms. The number of nitrogens with one attached hydrogen (secondary N) is 1. The second-order valence-corrected chi connectivity index (χ2v) is 3.96. The number of carbonyl (C=O) groups is 1. The monoisotopic (exact) mass is 237 g/mol. The predicted molar refractivity (Wildman–Crippen MR) is 62.3 cm³/mol. The number of fused-ring (bicyclic) bond motifs is 1. The summed E-state index contributed by atoms with van der Waals surface area (Å²) in [5.74, 6) is 1.13. The van der Waals surface area contributed by atoms with Gasteiger partial charge in [-0.2, -0.15) is 0 Å². The molecule has 1 aliphatic rings. The SMILES string of the molecule is CC(C)OC(=O)CNc1ccc2c(c1)OCO2. The smallest absolute Gasteiger partial charge is 0.325 e. The number of carbonyl (C=O) groups excluding carboxylic acids is 1. The summed E-state index contributed by atoms with van der Waals surface area (Å²) >= 11 is 0. The van der Waals surface area contributed by atoms with Crippen molar-refractivity contribution >= 4 is 11.7 Å². The number of hydrogen-bond acceptors (Lipinski definition) is 5. The first-order valence-electron chi connectivity index (χ1n) is 5.48. The van der Waals surface area contributed by atoms with Crippen molar-refractivity contribution in [3.8, 4) is 11.5 Å². The fraction of sp³-hybridized carbons (Fsp3) is 0.417. The van der Waals surface area contributed by atoms with Gasteiger partial charge in [-0.3, -0.25) is 4.79 Å². The van der Waals surface area contributed by atoms with E-state index in [-0.39, 0.29) is 25.4 Å². The van der Waals surface area contributed by atoms with Crippen LogP contribution in [0.5, 0.6) is 11.5 Å². The largest absolute Gasteiger partial charge is 0.462 e. The topological polar surface area (TPSA) is 56.8 Å². The van der Waals surface area contributed by atoms with E-state index in [1.807, 2.05) is 19.9 Å². The van der Waals surface area contributed by atoms with Gasteiger partial charge in [-0.15, -0.1) is 0 Å². The summed E-state index contributed by atoms with van der Waals surface area (Å²) in [7, 11) is 0. The molecule has 0 unspecified atom stereocenters. The van der Waals surface area contributed by atoms with Gasteiger partial charge in [-0.05, 0) is 26.0 Å². The van der Waals surface area contributed by atoms with Crippen molar-refractivity contribution < 1.29 is 19.0 Å². The highest BCUT2D eigenvalue weighted by molar-refractivity contribution is 5.75. The van der Waals surface area contributed by atoms with Crippen LogP contribution in [0.3, 0.4) is 0 Å². The summed E-state index contributed by atoms with van der Waals surface area (Å²) in [5.41, 5.74) is 0.801. The van der Waals surface area contributed by atoms with Crippen LogP contribution in [0, 0.1) is 0 Å². The predicted octanol–water partition coefficient (Wildman–Crippen LogP) is 1.78. The molecule has 1 aliphatic heterocycles. The second-order valence-electron chi connectivity index (χ2n) is 3.96. The summed E-state index contributed by atoms with van der Waals surface area (Å²) in [6, 6.07) is 5.43. The van der Waals surface area contributed by atoms with Crippen LogP contribution in [0.1, 0.15) is 13.8 Å². The Morgan fingerprint density at radius 1 is 1.41 bits per heavy atom. The number of rotatable bonds is 4. The van der Waals surface area contributed by atoms with E-state index in [4.69, 9.17) is 14.2 Å². The molecule has 0 aromatic heterocycles. The third-order valence-corrected chi connectivity index (χ3v) is 2.18. The van der Waals surface area contributed by atoms with Crippen LogP contribution in [0.15, 0.2) is 18.2 Å². The molecule has 0 spiro atoms. The van der Waals surface area contributed by atoms with E-state index in [1.54, 1.807) is 12.1 Å². The minimum absolute atomic E-state index is 0.0962. The van der Waals surface area contributed by atoms with Gasteiger partial charge in [0.1, 0.15) is 6.54 Å². The van der Waals surface area contributed by atoms with E-state index in [2.05, 4.69) is 5.32 Å². The summed E-state index contributed by atoms with van der Waals surface area (Å²) in [4.78, 5) is 11.3. The van der Waals surface area contributed by atoms with Gasteiger partial charge >= 0.3 is 5.97 Å². The summed E-state index contributed by atoms with van der Waals surface area (Å²) in [6.07, 6.45) is -0.0962. The molecule has 0 fully saturated rings. The fourth-order valence-corrected chi connectivity index (χ4v) is 1.49. The van der Waals surface area contributed by atoms with Crippen molar-refractivity contribution in [2.24, 2.45) is 0 Å². The second kappa shape index (κ2) is 4.95. The molecule has 0 saturated carbocycles. The molecule has 0 amide bonds. The lowest BCUT2D eigenvalue weighted by molar-refractivity contribution is -0.145. The van der Waals surface area contributed by atoms with Crippen LogP contribution < -0.4 is 14.8 Å². The molecule has 0 saturated heterocycles. The average Bonchev–Trinajstić information content (AvgIpc) is 2.72. The third kappa shape index (κ3) is 3.03. The van der Waals surface area contributed by atoms with Crippen molar-refractivity contribution in [1.29, 1.82) is 0 Å². The van der Waals surface area contributed by atoms with E-state index < -0.39 is 0 Å². The number of hydrogen-bond donors (Lipinski definition) is 1. The van der Waals surface area contributed by atoms with Gasteiger partial charge in [0, 0.05) is 11.8 Å². The van der Waals surface area contributed by atoms with Gasteiger partial charge in [0.2, 0.25) is 6.79 Å². The maximum absolute atomic E-state index is 11.3. The zero-order valence-corrected chi connectivity index (χ0v) is 9.86. The number of esters is 1. The van der Waals surface area contributed by atoms with Gasteiger partial charge in [-0.25, -0.2) is 0 Å². The lowest BCUT2D eigenvalue weighted by Gasteiger charge is -2.09. The number of benzene rings is 1. The van der Waals surface area contributed by atoms with Crippen LogP contribution in [-0.2, 0) is 9.53 Å². The zero-order chi connectivity index (χ0) is 12.3. The highest BCUT2D eigenvalue weighted by Crippen LogP contribution is 2.34. The van der Waals surface area contributed by atoms with E-state index in [9.17, 15) is 4.79 Å². The van der Waals surface area contributed by atoms with Crippen molar-refractivity contribution in [3.63, 3.8) is 0 Å². The van der Waals surface area contributed by atoms with Crippen molar-refractivity contribution in [2.75, 3.05) is 18.7 Å². The highest BCUT2D eigenvalue weighted by atomic mass is 16.7. The number of anilines is 1. The summed E-state index contributed by atoms with van der Waals surface area (Å²) < 4.78 is 15.4. The molecule has 1 N–H and O–H groups in total. The van der Waals surface area contributed by atoms with Gasteiger partial charge in [0.25, 0.3) is 0 Å². The highest BCUT2D eigenvalue weighted by Gasteiger charge is 2.13. The van der Waals surface area contributed by atoms with Crippen molar-refractivity contribution in [3.05, 3.63) is 18.2 Å². The molecule has 5 nitrogen and oxygen atoms in total. The molecule has 2 rings (SSSR count). The maximum atomic E-state index is 11.3. The first-order valence-corrected chi connectivity index (χ1v) is 5.48.